The van der Waals surface area contributed by atoms with Gasteiger partial charge in [0.2, 0.25) is 23.6 Å². The SMILES string of the molecule is CCc1nc2ccc(C(=O)CCCOCCOCCC(=O)C[C@H](C(=O)N[C@@H](CCCNC(N)=O)C(=O)Cc3ccc(C[C@@H](CN=[N+]=[N-])NC(=O)[C@H](C)[C@@H](OC)[C@@H]4CCCN4C(=O)C[C@@H](OC)[C@H]([C@@H](C)CC)N(C)C(=O)[C@@H](CC(=O)[C@H](C(C)C)N(C)C)C(C)C)cc3)C(C)C)cc2nc1CC. The summed E-state index contributed by atoms with van der Waals surface area (Å²) in [6.45, 7) is 23.0. The number of carbonyl (C=O) groups excluding carboxylic acids is 9. The van der Waals surface area contributed by atoms with Crippen molar-refractivity contribution in [1.82, 2.24) is 40.6 Å². The summed E-state index contributed by atoms with van der Waals surface area (Å²) in [5.41, 5.74) is 20.1. The molecule has 11 atom stereocenters. The maximum atomic E-state index is 14.6. The van der Waals surface area contributed by atoms with Gasteiger partial charge in [-0.2, -0.15) is 0 Å². The van der Waals surface area contributed by atoms with E-state index < -0.39 is 66.1 Å². The van der Waals surface area contributed by atoms with Crippen LogP contribution in [-0.2, 0) is 78.2 Å². The number of primary amides is 1. The van der Waals surface area contributed by atoms with E-state index in [0.717, 1.165) is 35.3 Å². The highest BCUT2D eigenvalue weighted by atomic mass is 16.5. The molecule has 1 aliphatic heterocycles. The van der Waals surface area contributed by atoms with Crippen LogP contribution in [0, 0.1) is 41.4 Å². The number of fused-ring (bicyclic) bond motifs is 1. The highest BCUT2D eigenvalue weighted by Crippen LogP contribution is 2.32. The van der Waals surface area contributed by atoms with Crippen LogP contribution in [0.15, 0.2) is 47.6 Å². The molecule has 5 N–H and O–H groups in total. The van der Waals surface area contributed by atoms with Gasteiger partial charge in [-0.3, -0.25) is 43.3 Å². The van der Waals surface area contributed by atoms with E-state index >= 15 is 0 Å². The van der Waals surface area contributed by atoms with Gasteiger partial charge in [0.05, 0.1) is 91.0 Å². The third-order valence-electron chi connectivity index (χ3n) is 19.6. The zero-order valence-corrected chi connectivity index (χ0v) is 62.6. The quantitative estimate of drug-likeness (QED) is 0.0134. The van der Waals surface area contributed by atoms with Crippen LogP contribution in [0.3, 0.4) is 0 Å². The van der Waals surface area contributed by atoms with Gasteiger partial charge < -0.3 is 50.4 Å². The number of nitrogens with one attached hydrogen (secondary N) is 3. The number of nitrogens with zero attached hydrogens (tertiary/aromatic N) is 8. The Balaban J connectivity index is 1.33. The number of hydrogen-bond acceptors (Lipinski definition) is 17. The molecule has 0 radical (unpaired) electrons. The van der Waals surface area contributed by atoms with Crippen molar-refractivity contribution in [3.05, 3.63) is 81.0 Å². The van der Waals surface area contributed by atoms with Crippen molar-refractivity contribution < 1.29 is 62.1 Å². The van der Waals surface area contributed by atoms with Crippen LogP contribution in [0.25, 0.3) is 21.5 Å². The fourth-order valence-electron chi connectivity index (χ4n) is 13.7. The predicted octanol–water partition coefficient (Wildman–Crippen LogP) is 9.19. The van der Waals surface area contributed by atoms with Gasteiger partial charge >= 0.3 is 6.03 Å². The number of methoxy groups -OCH3 is 2. The predicted molar refractivity (Wildman–Crippen MR) is 386 cm³/mol. The number of benzene rings is 2. The van der Waals surface area contributed by atoms with Gasteiger partial charge in [0.25, 0.3) is 0 Å². The molecule has 2 aromatic carbocycles. The first kappa shape index (κ1) is 85.1. The zero-order chi connectivity index (χ0) is 74.3. The average Bonchev–Trinajstić information content (AvgIpc) is 1.33. The number of hydrogen-bond donors (Lipinski definition) is 4. The molecule has 0 unspecified atom stereocenters. The number of rotatable bonds is 48. The summed E-state index contributed by atoms with van der Waals surface area (Å²) in [7, 11) is 8.55. The van der Waals surface area contributed by atoms with Crippen molar-refractivity contribution >= 4 is 63.8 Å². The number of carbonyl (C=O) groups is 9. The van der Waals surface area contributed by atoms with E-state index in [0.29, 0.717) is 68.3 Å². The van der Waals surface area contributed by atoms with Crippen LogP contribution < -0.4 is 21.7 Å². The number of azide groups is 1. The molecule has 556 valence electrons. The summed E-state index contributed by atoms with van der Waals surface area (Å²) in [5.74, 6) is -4.13. The summed E-state index contributed by atoms with van der Waals surface area (Å²) in [6.07, 6.45) is 3.68. The van der Waals surface area contributed by atoms with Gasteiger partial charge in [-0.05, 0) is 124 Å². The highest BCUT2D eigenvalue weighted by molar-refractivity contribution is 5.99. The normalized spacial score (nSPS) is 16.2. The molecule has 1 aliphatic rings. The van der Waals surface area contributed by atoms with Gasteiger partial charge in [0.15, 0.2) is 17.3 Å². The number of urea groups is 1. The molecule has 25 heteroatoms. The monoisotopic (exact) mass is 1390 g/mol. The molecule has 6 amide bonds. The topological polar surface area (TPSA) is 337 Å². The lowest BCUT2D eigenvalue weighted by molar-refractivity contribution is -0.149. The molecule has 100 heavy (non-hydrogen) atoms. The number of Topliss-reactive ketones (excluding diaryl/α,β-unsaturated/α-hetero) is 4. The van der Waals surface area contributed by atoms with E-state index in [1.54, 1.807) is 55.1 Å². The van der Waals surface area contributed by atoms with Crippen molar-refractivity contribution in [2.24, 2.45) is 52.3 Å². The van der Waals surface area contributed by atoms with Crippen LogP contribution in [0.2, 0.25) is 0 Å². The van der Waals surface area contributed by atoms with E-state index in [9.17, 15) is 48.7 Å². The van der Waals surface area contributed by atoms with Gasteiger partial charge in [-0.1, -0.05) is 112 Å². The minimum absolute atomic E-state index is 0.00457. The van der Waals surface area contributed by atoms with E-state index in [1.807, 2.05) is 99.5 Å². The molecule has 25 nitrogen and oxygen atoms in total. The van der Waals surface area contributed by atoms with Gasteiger partial charge in [0.1, 0.15) is 5.78 Å². The minimum Gasteiger partial charge on any atom is -0.379 e. The zero-order valence-electron chi connectivity index (χ0n) is 62.6. The first-order valence-corrected chi connectivity index (χ1v) is 36.1. The molecule has 4 rings (SSSR count). The largest absolute Gasteiger partial charge is 0.379 e. The second kappa shape index (κ2) is 43.5. The Bertz CT molecular complexity index is 3180. The molecule has 1 aromatic heterocycles. The molecule has 2 heterocycles. The van der Waals surface area contributed by atoms with E-state index in [4.69, 9.17) is 34.6 Å². The number of aromatic nitrogens is 2. The smallest absolute Gasteiger partial charge is 0.312 e. The molecule has 0 spiro atoms. The maximum absolute atomic E-state index is 14.6. The van der Waals surface area contributed by atoms with E-state index in [-0.39, 0.29) is 148 Å². The Labute approximate surface area is 593 Å². The van der Waals surface area contributed by atoms with Crippen molar-refractivity contribution in [3.8, 4) is 0 Å². The van der Waals surface area contributed by atoms with Gasteiger partial charge in [0, 0.05) is 108 Å². The molecule has 0 bridgehead atoms. The number of aryl methyl sites for hydroxylation is 2. The van der Waals surface area contributed by atoms with E-state index in [1.165, 1.54) is 7.11 Å². The summed E-state index contributed by atoms with van der Waals surface area (Å²) < 4.78 is 23.6. The second-order valence-corrected chi connectivity index (χ2v) is 28.2. The second-order valence-electron chi connectivity index (χ2n) is 28.2. The number of likely N-dealkylation sites (tertiary alicyclic amines) is 1. The molecule has 1 saturated heterocycles. The van der Waals surface area contributed by atoms with Crippen molar-refractivity contribution in [1.29, 1.82) is 0 Å². The Morgan fingerprint density at radius 3 is 1.95 bits per heavy atom. The number of ketones is 4. The molecule has 3 aromatic rings. The Hall–Kier alpha value is -7.28. The summed E-state index contributed by atoms with van der Waals surface area (Å²) in [6, 6.07) is 8.97. The first-order valence-electron chi connectivity index (χ1n) is 36.1. The molecule has 0 aliphatic carbocycles. The standard InChI is InChI=1S/C75H118N12O13/c1-17-49(10)70(86(14)74(95)57(47(6)7)43-66(91)69(48(8)9)85(12)13)67(97-15)44-68(92)87-34-21-24-63(87)71(98-16)50(11)72(93)80-54(45-79-84-77)39-51-26-28-52(29-27-51)40-65(90)61(23-20-33-78-75(76)96)83-73(94)56(46(4)5)42-55(88)32-36-100-38-37-99-35-22-25-64(89)53-30-31-60-62(41-53)82-59(19-3)58(18-2)81-60/h26-31,41,46-50,54,56-57,61,63,67,69-71H,17-25,32-40,42-45H2,1-16H3,(H,80,93)(H,83,94)(H3,76,78,96)/t49-,50+,54-,56-,57-,61-,63-,67+,69-,70-,71+/m0/s1. The third kappa shape index (κ3) is 26.3. The lowest BCUT2D eigenvalue weighted by Crippen LogP contribution is -2.54. The number of ether oxygens (including phenoxy) is 4. The Morgan fingerprint density at radius 2 is 1.37 bits per heavy atom. The lowest BCUT2D eigenvalue weighted by atomic mass is 9.83. The molecule has 0 saturated carbocycles. The lowest BCUT2D eigenvalue weighted by Gasteiger charge is -2.41. The minimum atomic E-state index is -0.959. The number of likely N-dealkylation sites (N-methyl/N-ethyl adjacent to an activating group) is 2. The fourth-order valence-corrected chi connectivity index (χ4v) is 13.7. The molecular formula is C75H118N12O13. The third-order valence-corrected chi connectivity index (χ3v) is 19.6. The van der Waals surface area contributed by atoms with Gasteiger partial charge in [-0.15, -0.1) is 0 Å². The number of nitrogens with two attached hydrogens (primary N) is 1. The van der Waals surface area contributed by atoms with Crippen LogP contribution in [-0.4, -0.2) is 201 Å². The molecule has 1 fully saturated rings. The summed E-state index contributed by atoms with van der Waals surface area (Å²) >= 11 is 0. The number of amides is 6. The van der Waals surface area contributed by atoms with Crippen LogP contribution in [0.5, 0.6) is 0 Å². The van der Waals surface area contributed by atoms with Crippen LogP contribution in [0.1, 0.15) is 180 Å². The summed E-state index contributed by atoms with van der Waals surface area (Å²) in [4.78, 5) is 141. The van der Waals surface area contributed by atoms with Crippen molar-refractivity contribution in [2.45, 2.75) is 215 Å². The highest BCUT2D eigenvalue weighted by Gasteiger charge is 2.44. The van der Waals surface area contributed by atoms with Gasteiger partial charge in [-0.25, -0.2) is 14.8 Å². The van der Waals surface area contributed by atoms with Crippen molar-refractivity contribution in [3.63, 3.8) is 0 Å². The van der Waals surface area contributed by atoms with Crippen LogP contribution >= 0.6 is 0 Å². The van der Waals surface area contributed by atoms with Crippen molar-refractivity contribution in [2.75, 3.05) is 81.4 Å². The first-order chi connectivity index (χ1) is 47.5. The average molecular weight is 1400 g/mol. The fraction of sp³-hybridized carbons (Fsp3) is 0.693. The Morgan fingerprint density at radius 1 is 0.730 bits per heavy atom. The summed E-state index contributed by atoms with van der Waals surface area (Å²) in [5, 5.41) is 12.3. The maximum Gasteiger partial charge on any atom is 0.312 e. The van der Waals surface area contributed by atoms with Crippen LogP contribution in [0.4, 0.5) is 4.79 Å². The van der Waals surface area contributed by atoms with E-state index in [2.05, 4.69) is 32.9 Å². The molecular weight excluding hydrogens is 1280 g/mol. The Kier molecular flexibility index (Phi) is 37.0.